The average molecular weight is 437 g/mol. The number of hydrogen-bond acceptors (Lipinski definition) is 3. The Morgan fingerprint density at radius 3 is 2.78 bits per heavy atom. The fourth-order valence-corrected chi connectivity index (χ4v) is 4.61. The molecule has 2 atom stereocenters. The molecule has 168 valence electrons. The standard InChI is InChI=1S/C26H29FN2O3/c1-2-12-28-13-14-29(26(31)24-11-6-15-32-24)18-21(25(28)30)16-19-7-3-4-10-23(19)20-8-5-9-22(27)17-20/h2-5,7-10,17,21,24H,1,6,11-16,18H2. The Morgan fingerprint density at radius 2 is 2.03 bits per heavy atom. The molecule has 0 bridgehead atoms. The molecule has 2 aliphatic rings. The highest BCUT2D eigenvalue weighted by Gasteiger charge is 2.35. The maximum atomic E-state index is 13.9. The Morgan fingerprint density at radius 1 is 1.19 bits per heavy atom. The predicted octanol–water partition coefficient (Wildman–Crippen LogP) is 3.69. The summed E-state index contributed by atoms with van der Waals surface area (Å²) in [5.41, 5.74) is 2.63. The van der Waals surface area contributed by atoms with Gasteiger partial charge in [-0.2, -0.15) is 0 Å². The number of ether oxygens (including phenoxy) is 1. The second-order valence-electron chi connectivity index (χ2n) is 8.43. The van der Waals surface area contributed by atoms with Crippen LogP contribution in [0.4, 0.5) is 4.39 Å². The summed E-state index contributed by atoms with van der Waals surface area (Å²) in [6.45, 7) is 6.15. The van der Waals surface area contributed by atoms with Crippen molar-refractivity contribution in [2.24, 2.45) is 5.92 Å². The van der Waals surface area contributed by atoms with Crippen LogP contribution in [-0.2, 0) is 20.7 Å². The van der Waals surface area contributed by atoms with Crippen molar-refractivity contribution in [2.75, 3.05) is 32.8 Å². The van der Waals surface area contributed by atoms with Crippen molar-refractivity contribution < 1.29 is 18.7 Å². The van der Waals surface area contributed by atoms with E-state index in [9.17, 15) is 14.0 Å². The summed E-state index contributed by atoms with van der Waals surface area (Å²) in [6, 6.07) is 14.2. The van der Waals surface area contributed by atoms with Crippen LogP contribution in [0.15, 0.2) is 61.2 Å². The van der Waals surface area contributed by atoms with Crippen LogP contribution in [-0.4, -0.2) is 60.5 Å². The molecule has 0 spiro atoms. The highest BCUT2D eigenvalue weighted by molar-refractivity contribution is 5.84. The number of hydrogen-bond donors (Lipinski definition) is 0. The third-order valence-corrected chi connectivity index (χ3v) is 6.23. The van der Waals surface area contributed by atoms with Crippen molar-refractivity contribution in [3.63, 3.8) is 0 Å². The van der Waals surface area contributed by atoms with Crippen LogP contribution < -0.4 is 0 Å². The van der Waals surface area contributed by atoms with Crippen molar-refractivity contribution in [2.45, 2.75) is 25.4 Å². The largest absolute Gasteiger partial charge is 0.368 e. The Bertz CT molecular complexity index is 987. The van der Waals surface area contributed by atoms with Crippen LogP contribution in [0.1, 0.15) is 18.4 Å². The number of nitrogens with zero attached hydrogens (tertiary/aromatic N) is 2. The molecule has 0 aliphatic carbocycles. The quantitative estimate of drug-likeness (QED) is 0.649. The van der Waals surface area contributed by atoms with Crippen LogP contribution in [0.25, 0.3) is 11.1 Å². The zero-order valence-corrected chi connectivity index (χ0v) is 18.2. The lowest BCUT2D eigenvalue weighted by atomic mass is 9.91. The lowest BCUT2D eigenvalue weighted by Crippen LogP contribution is -2.42. The van der Waals surface area contributed by atoms with E-state index in [1.165, 1.54) is 12.1 Å². The second-order valence-corrected chi connectivity index (χ2v) is 8.43. The van der Waals surface area contributed by atoms with Crippen molar-refractivity contribution in [1.29, 1.82) is 0 Å². The Labute approximate surface area is 188 Å². The van der Waals surface area contributed by atoms with Gasteiger partial charge < -0.3 is 14.5 Å². The summed E-state index contributed by atoms with van der Waals surface area (Å²) >= 11 is 0. The maximum Gasteiger partial charge on any atom is 0.251 e. The van der Waals surface area contributed by atoms with Gasteiger partial charge in [0.05, 0.1) is 5.92 Å². The van der Waals surface area contributed by atoms with E-state index in [0.29, 0.717) is 39.2 Å². The molecule has 0 N–H and O–H groups in total. The summed E-state index contributed by atoms with van der Waals surface area (Å²) in [5.74, 6) is -0.702. The van der Waals surface area contributed by atoms with Crippen LogP contribution >= 0.6 is 0 Å². The van der Waals surface area contributed by atoms with Gasteiger partial charge in [-0.3, -0.25) is 9.59 Å². The van der Waals surface area contributed by atoms with Gasteiger partial charge in [-0.05, 0) is 48.1 Å². The van der Waals surface area contributed by atoms with Gasteiger partial charge in [0.15, 0.2) is 0 Å². The van der Waals surface area contributed by atoms with E-state index >= 15 is 0 Å². The molecule has 32 heavy (non-hydrogen) atoms. The zero-order chi connectivity index (χ0) is 22.5. The summed E-state index contributed by atoms with van der Waals surface area (Å²) in [6.07, 6.45) is 3.39. The van der Waals surface area contributed by atoms with Crippen molar-refractivity contribution in [3.8, 4) is 11.1 Å². The van der Waals surface area contributed by atoms with Gasteiger partial charge in [-0.15, -0.1) is 6.58 Å². The van der Waals surface area contributed by atoms with Gasteiger partial charge in [0.2, 0.25) is 5.91 Å². The highest BCUT2D eigenvalue weighted by atomic mass is 19.1. The third-order valence-electron chi connectivity index (χ3n) is 6.23. The Hall–Kier alpha value is -2.99. The lowest BCUT2D eigenvalue weighted by molar-refractivity contribution is -0.141. The molecule has 0 saturated carbocycles. The van der Waals surface area contributed by atoms with Gasteiger partial charge in [-0.25, -0.2) is 4.39 Å². The molecule has 2 unspecified atom stereocenters. The number of carbonyl (C=O) groups excluding carboxylic acids is 2. The van der Waals surface area contributed by atoms with Gasteiger partial charge in [0, 0.05) is 32.8 Å². The van der Waals surface area contributed by atoms with E-state index in [2.05, 4.69) is 6.58 Å². The molecule has 4 rings (SSSR count). The molecule has 6 heteroatoms. The SMILES string of the molecule is C=CCN1CCN(C(=O)C2CCCO2)CC(Cc2ccccc2-c2cccc(F)c2)C1=O. The van der Waals surface area contributed by atoms with E-state index in [0.717, 1.165) is 29.5 Å². The first-order chi connectivity index (χ1) is 15.6. The minimum absolute atomic E-state index is 0.0154. The fraction of sp³-hybridized carbons (Fsp3) is 0.385. The molecule has 2 fully saturated rings. The molecule has 2 heterocycles. The molecular weight excluding hydrogens is 407 g/mol. The van der Waals surface area contributed by atoms with E-state index in [-0.39, 0.29) is 17.6 Å². The van der Waals surface area contributed by atoms with Gasteiger partial charge in [0.25, 0.3) is 5.91 Å². The van der Waals surface area contributed by atoms with Crippen molar-refractivity contribution >= 4 is 11.8 Å². The first kappa shape index (κ1) is 22.2. The van der Waals surface area contributed by atoms with Crippen molar-refractivity contribution in [1.82, 2.24) is 9.80 Å². The smallest absolute Gasteiger partial charge is 0.251 e. The lowest BCUT2D eigenvalue weighted by Gasteiger charge is -2.26. The van der Waals surface area contributed by atoms with E-state index < -0.39 is 12.0 Å². The van der Waals surface area contributed by atoms with Gasteiger partial charge in [0.1, 0.15) is 11.9 Å². The molecule has 2 saturated heterocycles. The molecule has 2 aromatic rings. The van der Waals surface area contributed by atoms with Crippen LogP contribution in [0.2, 0.25) is 0 Å². The minimum Gasteiger partial charge on any atom is -0.368 e. The molecule has 0 aromatic heterocycles. The summed E-state index contributed by atoms with van der Waals surface area (Å²) in [5, 5.41) is 0. The molecule has 2 aromatic carbocycles. The minimum atomic E-state index is -0.406. The third kappa shape index (κ3) is 4.91. The molecule has 5 nitrogen and oxygen atoms in total. The van der Waals surface area contributed by atoms with Gasteiger partial charge in [-0.1, -0.05) is 42.5 Å². The van der Waals surface area contributed by atoms with Crippen molar-refractivity contribution in [3.05, 3.63) is 72.6 Å². The molecule has 2 aliphatic heterocycles. The monoisotopic (exact) mass is 436 g/mol. The van der Waals surface area contributed by atoms with Crippen LogP contribution in [0.5, 0.6) is 0 Å². The van der Waals surface area contributed by atoms with Gasteiger partial charge >= 0.3 is 0 Å². The van der Waals surface area contributed by atoms with E-state index in [4.69, 9.17) is 4.74 Å². The first-order valence-electron chi connectivity index (χ1n) is 11.2. The Balaban J connectivity index is 1.62. The maximum absolute atomic E-state index is 13.9. The van der Waals surface area contributed by atoms with Crippen LogP contribution in [0.3, 0.4) is 0 Å². The summed E-state index contributed by atoms with van der Waals surface area (Å²) in [7, 11) is 0. The summed E-state index contributed by atoms with van der Waals surface area (Å²) in [4.78, 5) is 30.0. The predicted molar refractivity (Wildman–Crippen MR) is 121 cm³/mol. The van der Waals surface area contributed by atoms with Crippen LogP contribution in [0, 0.1) is 11.7 Å². The highest BCUT2D eigenvalue weighted by Crippen LogP contribution is 2.28. The molecule has 0 radical (unpaired) electrons. The molecule has 2 amide bonds. The average Bonchev–Trinajstić information content (AvgIpc) is 3.30. The fourth-order valence-electron chi connectivity index (χ4n) is 4.61. The topological polar surface area (TPSA) is 49.9 Å². The normalized spacial score (nSPS) is 21.5. The number of amides is 2. The summed E-state index contributed by atoms with van der Waals surface area (Å²) < 4.78 is 19.5. The Kier molecular flexibility index (Phi) is 7.00. The van der Waals surface area contributed by atoms with E-state index in [1.807, 2.05) is 30.3 Å². The second kappa shape index (κ2) is 10.1. The number of carbonyl (C=O) groups is 2. The van der Waals surface area contributed by atoms with E-state index in [1.54, 1.807) is 21.9 Å². The zero-order valence-electron chi connectivity index (χ0n) is 18.2. The number of rotatable bonds is 6. The molecular formula is C26H29FN2O3. The first-order valence-corrected chi connectivity index (χ1v) is 11.2. The number of benzene rings is 2. The number of halogens is 1.